The Labute approximate surface area is 118 Å². The maximum absolute atomic E-state index is 6.00. The zero-order valence-electron chi connectivity index (χ0n) is 11.0. The number of nitrogens with one attached hydrogen (secondary N) is 1. The Balaban J connectivity index is 1.59. The zero-order chi connectivity index (χ0) is 13.1. The number of hydrogen-bond donors (Lipinski definition) is 1. The number of H-pyrrole nitrogens is 1. The van der Waals surface area contributed by atoms with Crippen molar-refractivity contribution in [1.82, 2.24) is 9.88 Å². The molecule has 3 nitrogen and oxygen atoms in total. The molecule has 1 saturated heterocycles. The fourth-order valence-electron chi connectivity index (χ4n) is 2.68. The number of benzene rings is 1. The largest absolute Gasteiger partial charge is 0.379 e. The van der Waals surface area contributed by atoms with Gasteiger partial charge in [0, 0.05) is 35.2 Å². The van der Waals surface area contributed by atoms with Crippen molar-refractivity contribution in [3.05, 3.63) is 35.0 Å². The number of nitrogens with zero attached hydrogens (tertiary/aromatic N) is 1. The third-order valence-electron chi connectivity index (χ3n) is 3.75. The summed E-state index contributed by atoms with van der Waals surface area (Å²) in [6.07, 6.45) is 4.41. The molecule has 1 aromatic carbocycles. The van der Waals surface area contributed by atoms with E-state index in [1.54, 1.807) is 0 Å². The van der Waals surface area contributed by atoms with Crippen LogP contribution in [0.5, 0.6) is 0 Å². The minimum Gasteiger partial charge on any atom is -0.379 e. The number of aromatic nitrogens is 1. The van der Waals surface area contributed by atoms with Gasteiger partial charge in [0.15, 0.2) is 0 Å². The minimum absolute atomic E-state index is 0.786. The second kappa shape index (κ2) is 5.95. The van der Waals surface area contributed by atoms with Crippen molar-refractivity contribution in [2.75, 3.05) is 32.8 Å². The minimum atomic E-state index is 0.786. The van der Waals surface area contributed by atoms with Gasteiger partial charge >= 0.3 is 0 Å². The van der Waals surface area contributed by atoms with Gasteiger partial charge in [0.05, 0.1) is 13.2 Å². The van der Waals surface area contributed by atoms with Gasteiger partial charge in [-0.25, -0.2) is 0 Å². The Morgan fingerprint density at radius 3 is 2.95 bits per heavy atom. The van der Waals surface area contributed by atoms with Crippen molar-refractivity contribution >= 4 is 22.5 Å². The van der Waals surface area contributed by atoms with E-state index in [1.807, 2.05) is 12.1 Å². The molecule has 2 aromatic rings. The van der Waals surface area contributed by atoms with Gasteiger partial charge in [0.25, 0.3) is 0 Å². The number of aromatic amines is 1. The van der Waals surface area contributed by atoms with E-state index in [0.29, 0.717) is 0 Å². The van der Waals surface area contributed by atoms with Crippen molar-refractivity contribution < 1.29 is 4.74 Å². The average molecular weight is 279 g/mol. The third kappa shape index (κ3) is 3.11. The van der Waals surface area contributed by atoms with Gasteiger partial charge in [0.2, 0.25) is 0 Å². The van der Waals surface area contributed by atoms with Crippen LogP contribution >= 0.6 is 11.6 Å². The Morgan fingerprint density at radius 2 is 2.11 bits per heavy atom. The summed E-state index contributed by atoms with van der Waals surface area (Å²) >= 11 is 6.00. The van der Waals surface area contributed by atoms with Crippen LogP contribution in [0.3, 0.4) is 0 Å². The predicted molar refractivity (Wildman–Crippen MR) is 78.9 cm³/mol. The maximum Gasteiger partial charge on any atom is 0.0594 e. The summed E-state index contributed by atoms with van der Waals surface area (Å²) in [6, 6.07) is 6.06. The molecule has 0 saturated carbocycles. The van der Waals surface area contributed by atoms with E-state index in [0.717, 1.165) is 49.8 Å². The number of morpholine rings is 1. The molecule has 0 unspecified atom stereocenters. The highest BCUT2D eigenvalue weighted by atomic mass is 35.5. The molecule has 102 valence electrons. The number of aryl methyl sites for hydroxylation is 1. The molecule has 1 N–H and O–H groups in total. The molecule has 0 spiro atoms. The highest BCUT2D eigenvalue weighted by molar-refractivity contribution is 6.31. The van der Waals surface area contributed by atoms with Gasteiger partial charge in [-0.1, -0.05) is 17.7 Å². The highest BCUT2D eigenvalue weighted by Crippen LogP contribution is 2.23. The molecule has 1 aliphatic rings. The normalized spacial score (nSPS) is 17.1. The molecule has 1 fully saturated rings. The molecule has 4 heteroatoms. The summed E-state index contributed by atoms with van der Waals surface area (Å²) in [5, 5.41) is 2.08. The first-order valence-corrected chi connectivity index (χ1v) is 7.26. The van der Waals surface area contributed by atoms with Gasteiger partial charge in [0.1, 0.15) is 0 Å². The SMILES string of the molecule is Clc1ccc2c(CCCN3CCOCC3)c[nH]c2c1. The van der Waals surface area contributed by atoms with Gasteiger partial charge in [-0.3, -0.25) is 4.90 Å². The van der Waals surface area contributed by atoms with E-state index < -0.39 is 0 Å². The number of halogens is 1. The van der Waals surface area contributed by atoms with Crippen LogP contribution in [0.2, 0.25) is 5.02 Å². The summed E-state index contributed by atoms with van der Waals surface area (Å²) < 4.78 is 5.36. The van der Waals surface area contributed by atoms with Crippen molar-refractivity contribution in [1.29, 1.82) is 0 Å². The first-order chi connectivity index (χ1) is 9.33. The molecule has 2 heterocycles. The Bertz CT molecular complexity index is 546. The number of fused-ring (bicyclic) bond motifs is 1. The van der Waals surface area contributed by atoms with Crippen molar-refractivity contribution in [3.63, 3.8) is 0 Å². The fraction of sp³-hybridized carbons (Fsp3) is 0.467. The lowest BCUT2D eigenvalue weighted by Gasteiger charge is -2.26. The average Bonchev–Trinajstić information content (AvgIpc) is 2.82. The monoisotopic (exact) mass is 278 g/mol. The summed E-state index contributed by atoms with van der Waals surface area (Å²) in [6.45, 7) is 5.06. The summed E-state index contributed by atoms with van der Waals surface area (Å²) in [5.74, 6) is 0. The van der Waals surface area contributed by atoms with Crippen LogP contribution in [0.4, 0.5) is 0 Å². The number of hydrogen-bond acceptors (Lipinski definition) is 2. The Hall–Kier alpha value is -1.03. The van der Waals surface area contributed by atoms with Crippen LogP contribution in [-0.4, -0.2) is 42.7 Å². The van der Waals surface area contributed by atoms with Gasteiger partial charge < -0.3 is 9.72 Å². The van der Waals surface area contributed by atoms with Crippen LogP contribution in [0.15, 0.2) is 24.4 Å². The lowest BCUT2D eigenvalue weighted by Crippen LogP contribution is -2.36. The van der Waals surface area contributed by atoms with Gasteiger partial charge in [-0.2, -0.15) is 0 Å². The Kier molecular flexibility index (Phi) is 4.06. The molecule has 19 heavy (non-hydrogen) atoms. The molecule has 0 amide bonds. The van der Waals surface area contributed by atoms with E-state index in [1.165, 1.54) is 17.4 Å². The first kappa shape index (κ1) is 13.0. The lowest BCUT2D eigenvalue weighted by atomic mass is 10.1. The van der Waals surface area contributed by atoms with Crippen LogP contribution < -0.4 is 0 Å². The second-order valence-electron chi connectivity index (χ2n) is 5.06. The molecule has 0 aliphatic carbocycles. The third-order valence-corrected chi connectivity index (χ3v) is 3.99. The quantitative estimate of drug-likeness (QED) is 0.931. The molecular formula is C15H19ClN2O. The summed E-state index contributed by atoms with van der Waals surface area (Å²) in [4.78, 5) is 5.78. The molecule has 0 bridgehead atoms. The van der Waals surface area contributed by atoms with Crippen molar-refractivity contribution in [3.8, 4) is 0 Å². The molecular weight excluding hydrogens is 260 g/mol. The number of rotatable bonds is 4. The highest BCUT2D eigenvalue weighted by Gasteiger charge is 2.10. The molecule has 1 aliphatic heterocycles. The summed E-state index contributed by atoms with van der Waals surface area (Å²) in [7, 11) is 0. The van der Waals surface area contributed by atoms with Gasteiger partial charge in [-0.05, 0) is 37.1 Å². The van der Waals surface area contributed by atoms with Crippen LogP contribution in [-0.2, 0) is 11.2 Å². The van der Waals surface area contributed by atoms with Crippen LogP contribution in [0.1, 0.15) is 12.0 Å². The van der Waals surface area contributed by atoms with Crippen LogP contribution in [0.25, 0.3) is 10.9 Å². The van der Waals surface area contributed by atoms with E-state index in [2.05, 4.69) is 22.1 Å². The number of ether oxygens (including phenoxy) is 1. The van der Waals surface area contributed by atoms with E-state index in [-0.39, 0.29) is 0 Å². The first-order valence-electron chi connectivity index (χ1n) is 6.88. The summed E-state index contributed by atoms with van der Waals surface area (Å²) in [5.41, 5.74) is 2.52. The maximum atomic E-state index is 6.00. The molecule has 0 radical (unpaired) electrons. The molecule has 0 atom stereocenters. The van der Waals surface area contributed by atoms with Gasteiger partial charge in [-0.15, -0.1) is 0 Å². The smallest absolute Gasteiger partial charge is 0.0594 e. The topological polar surface area (TPSA) is 28.3 Å². The van der Waals surface area contributed by atoms with E-state index in [4.69, 9.17) is 16.3 Å². The zero-order valence-corrected chi connectivity index (χ0v) is 11.7. The van der Waals surface area contributed by atoms with Crippen molar-refractivity contribution in [2.24, 2.45) is 0 Å². The standard InChI is InChI=1S/C15H19ClN2O/c16-13-3-4-14-12(11-17-15(14)10-13)2-1-5-18-6-8-19-9-7-18/h3-4,10-11,17H,1-2,5-9H2. The fourth-order valence-corrected chi connectivity index (χ4v) is 2.86. The lowest BCUT2D eigenvalue weighted by molar-refractivity contribution is 0.0375. The second-order valence-corrected chi connectivity index (χ2v) is 5.50. The Morgan fingerprint density at radius 1 is 1.26 bits per heavy atom. The van der Waals surface area contributed by atoms with Crippen LogP contribution in [0, 0.1) is 0 Å². The molecule has 1 aromatic heterocycles. The predicted octanol–water partition coefficient (Wildman–Crippen LogP) is 3.09. The van der Waals surface area contributed by atoms with E-state index in [9.17, 15) is 0 Å². The van der Waals surface area contributed by atoms with E-state index >= 15 is 0 Å². The molecule has 3 rings (SSSR count). The van der Waals surface area contributed by atoms with Crippen molar-refractivity contribution in [2.45, 2.75) is 12.8 Å².